The van der Waals surface area contributed by atoms with Crippen LogP contribution in [0.2, 0.25) is 5.02 Å². The zero-order valence-electron chi connectivity index (χ0n) is 19.7. The van der Waals surface area contributed by atoms with E-state index in [0.29, 0.717) is 40.6 Å². The van der Waals surface area contributed by atoms with Gasteiger partial charge < -0.3 is 20.7 Å². The lowest BCUT2D eigenvalue weighted by atomic mass is 9.89. The molecule has 9 heteroatoms. The van der Waals surface area contributed by atoms with Gasteiger partial charge >= 0.3 is 0 Å². The first-order valence-corrected chi connectivity index (χ1v) is 12.6. The summed E-state index contributed by atoms with van der Waals surface area (Å²) in [5.41, 5.74) is 0.795. The number of hydrogen-bond donors (Lipinski definition) is 3. The van der Waals surface area contributed by atoms with E-state index >= 15 is 0 Å². The lowest BCUT2D eigenvalue weighted by molar-refractivity contribution is 0.277. The molecule has 1 aromatic carbocycles. The molecule has 2 aliphatic rings. The molecule has 1 unspecified atom stereocenters. The van der Waals surface area contributed by atoms with Crippen LogP contribution < -0.4 is 20.7 Å². The van der Waals surface area contributed by atoms with Gasteiger partial charge in [0.05, 0.1) is 12.1 Å². The quantitative estimate of drug-likeness (QED) is 0.436. The molecule has 0 radical (unpaired) electrons. The van der Waals surface area contributed by atoms with Crippen LogP contribution in [0.1, 0.15) is 51.9 Å². The molecule has 1 aliphatic carbocycles. The van der Waals surface area contributed by atoms with Gasteiger partial charge in [-0.05, 0) is 62.9 Å². The zero-order chi connectivity index (χ0) is 23.0. The summed E-state index contributed by atoms with van der Waals surface area (Å²) in [4.78, 5) is 16.4. The first kappa shape index (κ1) is 23.8. The van der Waals surface area contributed by atoms with E-state index in [1.807, 2.05) is 18.2 Å². The first-order valence-electron chi connectivity index (χ1n) is 12.2. The van der Waals surface area contributed by atoms with Crippen LogP contribution in [0.5, 0.6) is 5.75 Å². The van der Waals surface area contributed by atoms with Crippen molar-refractivity contribution < 1.29 is 4.74 Å². The second-order valence-corrected chi connectivity index (χ2v) is 9.38. The lowest BCUT2D eigenvalue weighted by Gasteiger charge is -2.23. The summed E-state index contributed by atoms with van der Waals surface area (Å²) in [6, 6.07) is 6.05. The molecule has 4 rings (SSSR count). The molecule has 1 atom stereocenters. The maximum Gasteiger partial charge on any atom is 0.233 e. The number of hydrogen-bond acceptors (Lipinski definition) is 8. The number of anilines is 4. The van der Waals surface area contributed by atoms with Crippen LogP contribution in [-0.4, -0.2) is 59.2 Å². The number of ether oxygens (including phenoxy) is 1. The number of aromatic nitrogens is 3. The molecule has 2 fully saturated rings. The molecule has 33 heavy (non-hydrogen) atoms. The second-order valence-electron chi connectivity index (χ2n) is 8.97. The third-order valence-electron chi connectivity index (χ3n) is 6.72. The largest absolute Gasteiger partial charge is 0.495 e. The lowest BCUT2D eigenvalue weighted by Crippen LogP contribution is -2.35. The van der Waals surface area contributed by atoms with E-state index in [1.54, 1.807) is 7.11 Å². The summed E-state index contributed by atoms with van der Waals surface area (Å²) in [7, 11) is 1.60. The standard InChI is InChI=1S/C24H36ClN7O/c1-3-32-13-7-10-19(32)16-27-23-29-22(26-15-17-8-5-4-6-9-17)30-24(31-23)28-18-11-12-21(33-2)20(25)14-18/h11-12,14,17,19H,3-10,13,15-16H2,1-2H3,(H3,26,27,28,29,30,31). The van der Waals surface area contributed by atoms with Gasteiger partial charge in [0.2, 0.25) is 17.8 Å². The van der Waals surface area contributed by atoms with Crippen LogP contribution in [0, 0.1) is 5.92 Å². The van der Waals surface area contributed by atoms with Crippen LogP contribution in [0.4, 0.5) is 23.5 Å². The van der Waals surface area contributed by atoms with E-state index in [1.165, 1.54) is 51.5 Å². The summed E-state index contributed by atoms with van der Waals surface area (Å²) in [6.45, 7) is 6.18. The molecule has 0 bridgehead atoms. The number of halogens is 1. The van der Waals surface area contributed by atoms with Crippen molar-refractivity contribution in [3.8, 4) is 5.75 Å². The maximum atomic E-state index is 6.30. The molecule has 1 aromatic heterocycles. The molecule has 8 nitrogen and oxygen atoms in total. The van der Waals surface area contributed by atoms with E-state index in [9.17, 15) is 0 Å². The fraction of sp³-hybridized carbons (Fsp3) is 0.625. The van der Waals surface area contributed by atoms with Crippen molar-refractivity contribution >= 4 is 35.1 Å². The summed E-state index contributed by atoms with van der Waals surface area (Å²) in [5.74, 6) is 2.98. The number of nitrogens with zero attached hydrogens (tertiary/aromatic N) is 4. The van der Waals surface area contributed by atoms with Crippen LogP contribution in [-0.2, 0) is 0 Å². The summed E-state index contributed by atoms with van der Waals surface area (Å²) < 4.78 is 5.25. The Morgan fingerprint density at radius 2 is 1.70 bits per heavy atom. The average molecular weight is 474 g/mol. The fourth-order valence-corrected chi connectivity index (χ4v) is 5.10. The average Bonchev–Trinajstić information content (AvgIpc) is 3.30. The Balaban J connectivity index is 1.48. The summed E-state index contributed by atoms with van der Waals surface area (Å²) in [6.07, 6.45) is 8.98. The Kier molecular flexibility index (Phi) is 8.45. The predicted octanol–water partition coefficient (Wildman–Crippen LogP) is 5.17. The highest BCUT2D eigenvalue weighted by atomic mass is 35.5. The van der Waals surface area contributed by atoms with E-state index in [4.69, 9.17) is 16.3 Å². The highest BCUT2D eigenvalue weighted by Gasteiger charge is 2.23. The number of likely N-dealkylation sites (tertiary alicyclic amines) is 1. The molecule has 1 saturated heterocycles. The van der Waals surface area contributed by atoms with Crippen LogP contribution in [0.25, 0.3) is 0 Å². The Bertz CT molecular complexity index is 906. The van der Waals surface area contributed by atoms with Crippen molar-refractivity contribution in [3.05, 3.63) is 23.2 Å². The molecular weight excluding hydrogens is 438 g/mol. The van der Waals surface area contributed by atoms with Crippen LogP contribution in [0.3, 0.4) is 0 Å². The van der Waals surface area contributed by atoms with Crippen LogP contribution in [0.15, 0.2) is 18.2 Å². The molecule has 3 N–H and O–H groups in total. The van der Waals surface area contributed by atoms with Gasteiger partial charge in [-0.25, -0.2) is 0 Å². The minimum atomic E-state index is 0.485. The number of likely N-dealkylation sites (N-methyl/N-ethyl adjacent to an activating group) is 1. The highest BCUT2D eigenvalue weighted by molar-refractivity contribution is 6.32. The van der Waals surface area contributed by atoms with E-state index in [2.05, 4.69) is 42.7 Å². The van der Waals surface area contributed by atoms with Gasteiger partial charge in [-0.1, -0.05) is 37.8 Å². The van der Waals surface area contributed by atoms with Crippen molar-refractivity contribution in [2.75, 3.05) is 49.2 Å². The molecule has 1 aliphatic heterocycles. The van der Waals surface area contributed by atoms with Crippen molar-refractivity contribution in [3.63, 3.8) is 0 Å². The topological polar surface area (TPSA) is 87.2 Å². The summed E-state index contributed by atoms with van der Waals surface area (Å²) >= 11 is 6.30. The molecule has 0 spiro atoms. The monoisotopic (exact) mass is 473 g/mol. The smallest absolute Gasteiger partial charge is 0.233 e. The zero-order valence-corrected chi connectivity index (χ0v) is 20.5. The fourth-order valence-electron chi connectivity index (χ4n) is 4.84. The highest BCUT2D eigenvalue weighted by Crippen LogP contribution is 2.29. The van der Waals surface area contributed by atoms with Gasteiger partial charge in [-0.2, -0.15) is 15.0 Å². The normalized spacial score (nSPS) is 19.4. The molecule has 0 amide bonds. The van der Waals surface area contributed by atoms with Crippen molar-refractivity contribution in [2.24, 2.45) is 5.92 Å². The SMILES string of the molecule is CCN1CCCC1CNc1nc(NCC2CCCCC2)nc(Nc2ccc(OC)c(Cl)c2)n1. The van der Waals surface area contributed by atoms with Gasteiger partial charge in [-0.15, -0.1) is 0 Å². The van der Waals surface area contributed by atoms with Gasteiger partial charge in [0.25, 0.3) is 0 Å². The minimum absolute atomic E-state index is 0.485. The third-order valence-corrected chi connectivity index (χ3v) is 7.01. The minimum Gasteiger partial charge on any atom is -0.495 e. The Morgan fingerprint density at radius 1 is 0.970 bits per heavy atom. The van der Waals surface area contributed by atoms with Crippen molar-refractivity contribution in [1.29, 1.82) is 0 Å². The number of benzene rings is 1. The number of methoxy groups -OCH3 is 1. The first-order chi connectivity index (χ1) is 16.1. The number of rotatable bonds is 10. The van der Waals surface area contributed by atoms with E-state index < -0.39 is 0 Å². The third kappa shape index (κ3) is 6.60. The summed E-state index contributed by atoms with van der Waals surface area (Å²) in [5, 5.41) is 10.7. The van der Waals surface area contributed by atoms with Crippen molar-refractivity contribution in [1.82, 2.24) is 19.9 Å². The Morgan fingerprint density at radius 3 is 2.39 bits per heavy atom. The van der Waals surface area contributed by atoms with Crippen LogP contribution >= 0.6 is 11.6 Å². The Hall–Kier alpha value is -2.32. The molecule has 1 saturated carbocycles. The van der Waals surface area contributed by atoms with E-state index in [-0.39, 0.29) is 0 Å². The van der Waals surface area contributed by atoms with Gasteiger partial charge in [0.1, 0.15) is 5.75 Å². The van der Waals surface area contributed by atoms with Gasteiger partial charge in [0.15, 0.2) is 0 Å². The maximum absolute atomic E-state index is 6.30. The number of nitrogens with one attached hydrogen (secondary N) is 3. The van der Waals surface area contributed by atoms with E-state index in [0.717, 1.165) is 25.3 Å². The van der Waals surface area contributed by atoms with Gasteiger partial charge in [0, 0.05) is 24.8 Å². The molecular formula is C24H36ClN7O. The molecule has 2 aromatic rings. The molecule has 180 valence electrons. The second kappa shape index (κ2) is 11.7. The Labute approximate surface area is 201 Å². The molecule has 2 heterocycles. The van der Waals surface area contributed by atoms with Gasteiger partial charge in [-0.3, -0.25) is 4.90 Å². The van der Waals surface area contributed by atoms with Crippen molar-refractivity contribution in [2.45, 2.75) is 57.9 Å². The predicted molar refractivity (Wildman–Crippen MR) is 135 cm³/mol.